The third-order valence-electron chi connectivity index (χ3n) is 2.12. The lowest BCUT2D eigenvalue weighted by Gasteiger charge is -2.05. The Bertz CT molecular complexity index is 629. The minimum atomic E-state index is -0.452. The van der Waals surface area contributed by atoms with Crippen LogP contribution in [-0.2, 0) is 6.54 Å². The van der Waals surface area contributed by atoms with Gasteiger partial charge in [-0.2, -0.15) is 0 Å². The number of pyridine rings is 1. The van der Waals surface area contributed by atoms with Crippen LogP contribution in [0.2, 0.25) is 0 Å². The first-order valence-corrected chi connectivity index (χ1v) is 5.21. The Labute approximate surface area is 92.9 Å². The fourth-order valence-electron chi connectivity index (χ4n) is 1.46. The molecule has 2 rings (SSSR count). The van der Waals surface area contributed by atoms with Gasteiger partial charge in [0.15, 0.2) is 5.52 Å². The molecule has 5 nitrogen and oxygen atoms in total. The van der Waals surface area contributed by atoms with E-state index in [1.165, 1.54) is 10.8 Å². The molecule has 1 N–H and O–H groups in total. The van der Waals surface area contributed by atoms with Gasteiger partial charge in [0.25, 0.3) is 5.56 Å². The number of fused-ring (bicyclic) bond motifs is 1. The molecule has 0 fully saturated rings. The van der Waals surface area contributed by atoms with E-state index in [1.54, 1.807) is 6.07 Å². The molecule has 0 atom stereocenters. The number of nitrogens with zero attached hydrogens (tertiary/aromatic N) is 2. The summed E-state index contributed by atoms with van der Waals surface area (Å²) in [6, 6.07) is 1.71. The molecule has 2 heterocycles. The summed E-state index contributed by atoms with van der Waals surface area (Å²) in [4.78, 5) is 29.1. The average Bonchev–Trinajstić information content (AvgIpc) is 2.17. The Hall–Kier alpha value is -1.43. The van der Waals surface area contributed by atoms with E-state index in [2.05, 4.69) is 25.9 Å². The van der Waals surface area contributed by atoms with Gasteiger partial charge in [0.05, 0.1) is 5.52 Å². The molecule has 0 aromatic carbocycles. The molecule has 2 aromatic rings. The summed E-state index contributed by atoms with van der Waals surface area (Å²) in [5, 5.41) is 0. The molecular formula is C9H8BrN3O2. The molecule has 0 aliphatic carbocycles. The summed E-state index contributed by atoms with van der Waals surface area (Å²) in [6.07, 6.45) is 1.53. The van der Waals surface area contributed by atoms with Crippen LogP contribution in [0.3, 0.4) is 0 Å². The Morgan fingerprint density at radius 3 is 2.93 bits per heavy atom. The zero-order chi connectivity index (χ0) is 11.0. The SMILES string of the molecule is CCn1c(=O)[nH]c(=O)c2ncc(Br)cc21. The van der Waals surface area contributed by atoms with Crippen molar-refractivity contribution in [3.63, 3.8) is 0 Å². The van der Waals surface area contributed by atoms with Crippen molar-refractivity contribution in [2.45, 2.75) is 13.5 Å². The van der Waals surface area contributed by atoms with Gasteiger partial charge in [-0.15, -0.1) is 0 Å². The number of hydrogen-bond acceptors (Lipinski definition) is 3. The monoisotopic (exact) mass is 269 g/mol. The smallest absolute Gasteiger partial charge is 0.292 e. The lowest BCUT2D eigenvalue weighted by molar-refractivity contribution is 0.725. The Kier molecular flexibility index (Phi) is 2.44. The molecule has 0 spiro atoms. The van der Waals surface area contributed by atoms with Gasteiger partial charge in [0.1, 0.15) is 0 Å². The number of aryl methyl sites for hydroxylation is 1. The quantitative estimate of drug-likeness (QED) is 0.835. The molecule has 6 heteroatoms. The number of H-pyrrole nitrogens is 1. The second-order valence-electron chi connectivity index (χ2n) is 3.02. The van der Waals surface area contributed by atoms with Gasteiger partial charge in [-0.05, 0) is 28.9 Å². The molecule has 0 unspecified atom stereocenters. The van der Waals surface area contributed by atoms with Gasteiger partial charge in [0, 0.05) is 17.2 Å². The lowest BCUT2D eigenvalue weighted by atomic mass is 10.3. The summed E-state index contributed by atoms with van der Waals surface area (Å²) < 4.78 is 2.20. The molecule has 2 aromatic heterocycles. The summed E-state index contributed by atoms with van der Waals surface area (Å²) >= 11 is 3.25. The molecule has 0 radical (unpaired) electrons. The van der Waals surface area contributed by atoms with Crippen molar-refractivity contribution in [3.05, 3.63) is 37.6 Å². The van der Waals surface area contributed by atoms with Crippen LogP contribution in [0.1, 0.15) is 6.92 Å². The highest BCUT2D eigenvalue weighted by Crippen LogP contribution is 2.12. The molecule has 78 valence electrons. The molecule has 15 heavy (non-hydrogen) atoms. The van der Waals surface area contributed by atoms with Crippen molar-refractivity contribution in [3.8, 4) is 0 Å². The fourth-order valence-corrected chi connectivity index (χ4v) is 1.78. The van der Waals surface area contributed by atoms with E-state index in [9.17, 15) is 9.59 Å². The second-order valence-corrected chi connectivity index (χ2v) is 3.94. The average molecular weight is 270 g/mol. The number of aromatic nitrogens is 3. The van der Waals surface area contributed by atoms with Crippen LogP contribution in [0.25, 0.3) is 11.0 Å². The molecule has 0 saturated carbocycles. The van der Waals surface area contributed by atoms with E-state index in [-0.39, 0.29) is 5.52 Å². The highest BCUT2D eigenvalue weighted by Gasteiger charge is 2.07. The largest absolute Gasteiger partial charge is 0.328 e. The maximum Gasteiger partial charge on any atom is 0.328 e. The predicted molar refractivity (Wildman–Crippen MR) is 60.0 cm³/mol. The second kappa shape index (κ2) is 3.62. The van der Waals surface area contributed by atoms with Gasteiger partial charge in [0.2, 0.25) is 0 Å². The summed E-state index contributed by atoms with van der Waals surface area (Å²) in [6.45, 7) is 2.32. The Morgan fingerprint density at radius 1 is 1.53 bits per heavy atom. The van der Waals surface area contributed by atoms with Crippen molar-refractivity contribution in [1.82, 2.24) is 14.5 Å². The Morgan fingerprint density at radius 2 is 2.27 bits per heavy atom. The lowest BCUT2D eigenvalue weighted by Crippen LogP contribution is -2.30. The number of hydrogen-bond donors (Lipinski definition) is 1. The van der Waals surface area contributed by atoms with E-state index in [4.69, 9.17) is 0 Å². The van der Waals surface area contributed by atoms with E-state index in [1.807, 2.05) is 6.92 Å². The topological polar surface area (TPSA) is 67.8 Å². The van der Waals surface area contributed by atoms with Gasteiger partial charge < -0.3 is 0 Å². The minimum Gasteiger partial charge on any atom is -0.292 e. The van der Waals surface area contributed by atoms with Crippen LogP contribution in [0.15, 0.2) is 26.3 Å². The van der Waals surface area contributed by atoms with Crippen LogP contribution in [0.5, 0.6) is 0 Å². The normalized spacial score (nSPS) is 10.8. The summed E-state index contributed by atoms with van der Waals surface area (Å²) in [5.74, 6) is 0. The molecule has 0 amide bonds. The van der Waals surface area contributed by atoms with Crippen LogP contribution in [0, 0.1) is 0 Å². The van der Waals surface area contributed by atoms with Crippen molar-refractivity contribution in [2.24, 2.45) is 0 Å². The van der Waals surface area contributed by atoms with Crippen molar-refractivity contribution < 1.29 is 0 Å². The highest BCUT2D eigenvalue weighted by atomic mass is 79.9. The van der Waals surface area contributed by atoms with Crippen LogP contribution < -0.4 is 11.2 Å². The number of aromatic amines is 1. The van der Waals surface area contributed by atoms with E-state index < -0.39 is 11.2 Å². The van der Waals surface area contributed by atoms with Gasteiger partial charge in [-0.3, -0.25) is 14.3 Å². The van der Waals surface area contributed by atoms with Gasteiger partial charge in [-0.25, -0.2) is 9.78 Å². The zero-order valence-corrected chi connectivity index (χ0v) is 9.54. The third-order valence-corrected chi connectivity index (χ3v) is 2.56. The maximum atomic E-state index is 11.5. The number of rotatable bonds is 1. The predicted octanol–water partition coefficient (Wildman–Crippen LogP) is 0.867. The Balaban J connectivity index is 3.05. The number of nitrogens with one attached hydrogen (secondary N) is 1. The minimum absolute atomic E-state index is 0.277. The third kappa shape index (κ3) is 1.61. The summed E-state index contributed by atoms with van der Waals surface area (Å²) in [5.41, 5.74) is -0.0395. The first-order chi connectivity index (χ1) is 7.13. The maximum absolute atomic E-state index is 11.5. The fraction of sp³-hybridized carbons (Fsp3) is 0.222. The molecule has 0 saturated heterocycles. The van der Waals surface area contributed by atoms with Crippen LogP contribution >= 0.6 is 15.9 Å². The first kappa shape index (κ1) is 10.1. The standard InChI is InChI=1S/C9H8BrN3O2/c1-2-13-6-3-5(10)4-11-7(6)8(14)12-9(13)15/h3-4H,2H2,1H3,(H,12,14,15). The van der Waals surface area contributed by atoms with Gasteiger partial charge >= 0.3 is 5.69 Å². The zero-order valence-electron chi connectivity index (χ0n) is 7.95. The van der Waals surface area contributed by atoms with E-state index in [0.29, 0.717) is 12.1 Å². The van der Waals surface area contributed by atoms with Crippen LogP contribution in [0.4, 0.5) is 0 Å². The molecular weight excluding hydrogens is 262 g/mol. The van der Waals surface area contributed by atoms with Crippen molar-refractivity contribution >= 4 is 27.0 Å². The summed E-state index contributed by atoms with van der Waals surface area (Å²) in [7, 11) is 0. The van der Waals surface area contributed by atoms with Crippen molar-refractivity contribution in [1.29, 1.82) is 0 Å². The molecule has 0 aliphatic heterocycles. The number of halogens is 1. The van der Waals surface area contributed by atoms with Gasteiger partial charge in [-0.1, -0.05) is 0 Å². The highest BCUT2D eigenvalue weighted by molar-refractivity contribution is 9.10. The van der Waals surface area contributed by atoms with Crippen LogP contribution in [-0.4, -0.2) is 14.5 Å². The van der Waals surface area contributed by atoms with Crippen molar-refractivity contribution in [2.75, 3.05) is 0 Å². The van der Waals surface area contributed by atoms with E-state index >= 15 is 0 Å². The van der Waals surface area contributed by atoms with E-state index in [0.717, 1.165) is 4.47 Å². The molecule has 0 aliphatic rings. The first-order valence-electron chi connectivity index (χ1n) is 4.42. The molecule has 0 bridgehead atoms.